The third-order valence-electron chi connectivity index (χ3n) is 5.18. The molecule has 1 amide bonds. The summed E-state index contributed by atoms with van der Waals surface area (Å²) in [6.45, 7) is 0.306. The minimum atomic E-state index is -0.143. The highest BCUT2D eigenvalue weighted by molar-refractivity contribution is 5.81. The molecule has 2 aliphatic carbocycles. The molecule has 4 rings (SSSR count). The van der Waals surface area contributed by atoms with Gasteiger partial charge in [0.05, 0.1) is 19.6 Å². The second kappa shape index (κ2) is 6.37. The average molecular weight is 339 g/mol. The lowest BCUT2D eigenvalue weighted by Gasteiger charge is -2.23. The van der Waals surface area contributed by atoms with Crippen molar-refractivity contribution in [2.45, 2.75) is 19.0 Å². The van der Waals surface area contributed by atoms with Crippen molar-refractivity contribution >= 4 is 5.91 Å². The lowest BCUT2D eigenvalue weighted by Crippen LogP contribution is -2.43. The van der Waals surface area contributed by atoms with Crippen molar-refractivity contribution < 1.29 is 14.1 Å². The van der Waals surface area contributed by atoms with Gasteiger partial charge in [-0.3, -0.25) is 4.79 Å². The first kappa shape index (κ1) is 15.9. The highest BCUT2D eigenvalue weighted by Gasteiger charge is 2.46. The Balaban J connectivity index is 1.40. The number of allylic oxidation sites excluding steroid dienone is 1. The number of nitrogens with zero attached hydrogens (tertiary/aromatic N) is 1. The summed E-state index contributed by atoms with van der Waals surface area (Å²) in [5.74, 6) is 1.82. The molecule has 0 saturated heterocycles. The van der Waals surface area contributed by atoms with E-state index in [1.165, 1.54) is 0 Å². The summed E-state index contributed by atoms with van der Waals surface area (Å²) in [6, 6.07) is 9.34. The first-order chi connectivity index (χ1) is 12.2. The maximum atomic E-state index is 12.5. The molecular weight excluding hydrogens is 318 g/mol. The van der Waals surface area contributed by atoms with E-state index in [-0.39, 0.29) is 23.8 Å². The quantitative estimate of drug-likeness (QED) is 0.814. The molecule has 0 aliphatic heterocycles. The van der Waals surface area contributed by atoms with Crippen molar-refractivity contribution in [2.75, 3.05) is 7.11 Å². The van der Waals surface area contributed by atoms with Crippen LogP contribution in [0.25, 0.3) is 11.3 Å². The summed E-state index contributed by atoms with van der Waals surface area (Å²) >= 11 is 0. The number of fused-ring (bicyclic) bond motifs is 2. The van der Waals surface area contributed by atoms with E-state index in [0.29, 0.717) is 23.9 Å². The Kier molecular flexibility index (Phi) is 4.05. The van der Waals surface area contributed by atoms with Gasteiger partial charge in [0.1, 0.15) is 11.4 Å². The van der Waals surface area contributed by atoms with Crippen LogP contribution in [0.1, 0.15) is 12.2 Å². The topological polar surface area (TPSA) is 90.4 Å². The summed E-state index contributed by atoms with van der Waals surface area (Å²) in [7, 11) is 1.62. The van der Waals surface area contributed by atoms with Crippen molar-refractivity contribution in [3.63, 3.8) is 0 Å². The molecule has 0 spiro atoms. The molecule has 25 heavy (non-hydrogen) atoms. The standard InChI is InChI=1S/C19H21N3O3/c1-24-14-4-2-3-11(8-14)16-9-15(25-22-16)10-21-19(23)17-12-5-6-13(7-12)18(17)20/h2-6,8-9,12-13,17-18H,7,10,20H2,1H3,(H,21,23). The zero-order valence-corrected chi connectivity index (χ0v) is 14.0. The van der Waals surface area contributed by atoms with Crippen LogP contribution in [0.3, 0.4) is 0 Å². The minimum Gasteiger partial charge on any atom is -0.497 e. The number of nitrogens with one attached hydrogen (secondary N) is 1. The van der Waals surface area contributed by atoms with Crippen LogP contribution >= 0.6 is 0 Å². The average Bonchev–Trinajstić information content (AvgIpc) is 3.35. The van der Waals surface area contributed by atoms with Crippen molar-refractivity contribution in [2.24, 2.45) is 23.5 Å². The van der Waals surface area contributed by atoms with Crippen LogP contribution in [-0.4, -0.2) is 24.2 Å². The number of hydrogen-bond donors (Lipinski definition) is 2. The van der Waals surface area contributed by atoms with Crippen LogP contribution in [0.5, 0.6) is 5.75 Å². The zero-order valence-electron chi connectivity index (χ0n) is 14.0. The zero-order chi connectivity index (χ0) is 17.4. The fraction of sp³-hybridized carbons (Fsp3) is 0.368. The molecule has 2 bridgehead atoms. The van der Waals surface area contributed by atoms with Crippen LogP contribution in [0.2, 0.25) is 0 Å². The molecule has 6 heteroatoms. The lowest BCUT2D eigenvalue weighted by atomic mass is 9.89. The molecule has 130 valence electrons. The largest absolute Gasteiger partial charge is 0.497 e. The van der Waals surface area contributed by atoms with Crippen LogP contribution < -0.4 is 15.8 Å². The summed E-state index contributed by atoms with van der Waals surface area (Å²) in [6.07, 6.45) is 5.24. The number of rotatable bonds is 5. The Labute approximate surface area is 146 Å². The van der Waals surface area contributed by atoms with Crippen molar-refractivity contribution in [1.82, 2.24) is 10.5 Å². The number of carbonyl (C=O) groups is 1. The van der Waals surface area contributed by atoms with Crippen molar-refractivity contribution in [1.29, 1.82) is 0 Å². The number of nitrogens with two attached hydrogens (primary N) is 1. The van der Waals surface area contributed by atoms with Gasteiger partial charge in [-0.15, -0.1) is 0 Å². The van der Waals surface area contributed by atoms with Gasteiger partial charge >= 0.3 is 0 Å². The second-order valence-corrected chi connectivity index (χ2v) is 6.68. The summed E-state index contributed by atoms with van der Waals surface area (Å²) < 4.78 is 10.6. The molecule has 1 fully saturated rings. The molecule has 2 aromatic rings. The van der Waals surface area contributed by atoms with Gasteiger partial charge in [-0.05, 0) is 30.4 Å². The number of aromatic nitrogens is 1. The van der Waals surface area contributed by atoms with E-state index < -0.39 is 0 Å². The van der Waals surface area contributed by atoms with Crippen LogP contribution in [0.4, 0.5) is 0 Å². The van der Waals surface area contributed by atoms with E-state index in [9.17, 15) is 4.79 Å². The first-order valence-corrected chi connectivity index (χ1v) is 8.47. The fourth-order valence-electron chi connectivity index (χ4n) is 3.84. The highest BCUT2D eigenvalue weighted by Crippen LogP contribution is 2.42. The molecule has 3 N–H and O–H groups in total. The predicted octanol–water partition coefficient (Wildman–Crippen LogP) is 2.12. The minimum absolute atomic E-state index is 0.0105. The SMILES string of the molecule is COc1cccc(-c2cc(CNC(=O)C3C4C=CC(C4)C3N)on2)c1. The normalized spacial score (nSPS) is 26.8. The van der Waals surface area contributed by atoms with Gasteiger partial charge in [0.2, 0.25) is 5.91 Å². The molecule has 1 aromatic heterocycles. The van der Waals surface area contributed by atoms with E-state index in [4.69, 9.17) is 15.0 Å². The van der Waals surface area contributed by atoms with Gasteiger partial charge in [-0.1, -0.05) is 29.4 Å². The number of carbonyl (C=O) groups excluding carboxylic acids is 1. The number of ether oxygens (including phenoxy) is 1. The van der Waals surface area contributed by atoms with Gasteiger partial charge in [-0.2, -0.15) is 0 Å². The second-order valence-electron chi connectivity index (χ2n) is 6.68. The number of amides is 1. The maximum absolute atomic E-state index is 12.5. The molecule has 1 heterocycles. The molecule has 1 saturated carbocycles. The Bertz CT molecular complexity index is 814. The summed E-state index contributed by atoms with van der Waals surface area (Å²) in [4.78, 5) is 12.5. The van der Waals surface area contributed by atoms with E-state index in [0.717, 1.165) is 17.7 Å². The van der Waals surface area contributed by atoms with Gasteiger partial charge in [0.15, 0.2) is 5.76 Å². The van der Waals surface area contributed by atoms with Crippen LogP contribution in [0, 0.1) is 17.8 Å². The number of methoxy groups -OCH3 is 1. The van der Waals surface area contributed by atoms with E-state index in [1.807, 2.05) is 30.3 Å². The molecule has 6 nitrogen and oxygen atoms in total. The third-order valence-corrected chi connectivity index (χ3v) is 5.18. The molecule has 2 aliphatic rings. The smallest absolute Gasteiger partial charge is 0.225 e. The van der Waals surface area contributed by atoms with Gasteiger partial charge in [-0.25, -0.2) is 0 Å². The first-order valence-electron chi connectivity index (χ1n) is 8.47. The molecule has 4 unspecified atom stereocenters. The summed E-state index contributed by atoms with van der Waals surface area (Å²) in [5.41, 5.74) is 7.80. The monoisotopic (exact) mass is 339 g/mol. The fourth-order valence-corrected chi connectivity index (χ4v) is 3.84. The van der Waals surface area contributed by atoms with Crippen LogP contribution in [-0.2, 0) is 11.3 Å². The predicted molar refractivity (Wildman–Crippen MR) is 92.5 cm³/mol. The van der Waals surface area contributed by atoms with E-state index in [1.54, 1.807) is 7.11 Å². The van der Waals surface area contributed by atoms with Gasteiger partial charge in [0, 0.05) is 17.7 Å². The molecule has 0 radical (unpaired) electrons. The molecular formula is C19H21N3O3. The lowest BCUT2D eigenvalue weighted by molar-refractivity contribution is -0.126. The summed E-state index contributed by atoms with van der Waals surface area (Å²) in [5, 5.41) is 7.00. The van der Waals surface area contributed by atoms with Crippen LogP contribution in [0.15, 0.2) is 47.0 Å². The Hall–Kier alpha value is -2.60. The van der Waals surface area contributed by atoms with Crippen molar-refractivity contribution in [3.8, 4) is 17.0 Å². The number of hydrogen-bond acceptors (Lipinski definition) is 5. The maximum Gasteiger partial charge on any atom is 0.225 e. The third kappa shape index (κ3) is 2.93. The van der Waals surface area contributed by atoms with Crippen molar-refractivity contribution in [3.05, 3.63) is 48.2 Å². The van der Waals surface area contributed by atoms with Gasteiger partial charge in [0.25, 0.3) is 0 Å². The Morgan fingerprint density at radius 1 is 1.36 bits per heavy atom. The molecule has 4 atom stereocenters. The van der Waals surface area contributed by atoms with E-state index >= 15 is 0 Å². The van der Waals surface area contributed by atoms with E-state index in [2.05, 4.69) is 22.6 Å². The Morgan fingerprint density at radius 3 is 2.96 bits per heavy atom. The highest BCUT2D eigenvalue weighted by atomic mass is 16.5. The number of benzene rings is 1. The Morgan fingerprint density at radius 2 is 2.20 bits per heavy atom. The molecule has 1 aromatic carbocycles. The van der Waals surface area contributed by atoms with Gasteiger partial charge < -0.3 is 20.3 Å².